The Balaban J connectivity index is 1.94. The van der Waals surface area contributed by atoms with E-state index in [9.17, 15) is 9.18 Å². The van der Waals surface area contributed by atoms with E-state index in [1.807, 2.05) is 13.8 Å². The van der Waals surface area contributed by atoms with E-state index in [2.05, 4.69) is 10.2 Å². The van der Waals surface area contributed by atoms with E-state index < -0.39 is 0 Å². The SMILES string of the molecule is CC(C)C(NC(=O)CN1CCCC1CCCO)c1ccc(F)cc1. The van der Waals surface area contributed by atoms with Crippen molar-refractivity contribution in [1.82, 2.24) is 10.2 Å². The molecule has 2 rings (SSSR count). The fraction of sp³-hybridized carbons (Fsp3) is 0.632. The smallest absolute Gasteiger partial charge is 0.234 e. The first kappa shape index (κ1) is 18.9. The summed E-state index contributed by atoms with van der Waals surface area (Å²) in [5.41, 5.74) is 0.929. The number of aliphatic hydroxyl groups is 1. The Morgan fingerprint density at radius 2 is 2.08 bits per heavy atom. The van der Waals surface area contributed by atoms with Crippen LogP contribution in [0, 0.1) is 11.7 Å². The van der Waals surface area contributed by atoms with Crippen LogP contribution in [-0.4, -0.2) is 41.7 Å². The van der Waals surface area contributed by atoms with E-state index in [-0.39, 0.29) is 30.3 Å². The van der Waals surface area contributed by atoms with Gasteiger partial charge in [-0.1, -0.05) is 26.0 Å². The normalized spacial score (nSPS) is 19.6. The molecular formula is C19H29FN2O2. The number of carbonyl (C=O) groups excluding carboxylic acids is 1. The number of amides is 1. The average molecular weight is 336 g/mol. The predicted octanol–water partition coefficient (Wildman–Crippen LogP) is 2.88. The van der Waals surface area contributed by atoms with E-state index in [4.69, 9.17) is 5.11 Å². The van der Waals surface area contributed by atoms with Crippen molar-refractivity contribution in [2.75, 3.05) is 19.7 Å². The van der Waals surface area contributed by atoms with Crippen LogP contribution in [0.15, 0.2) is 24.3 Å². The highest BCUT2D eigenvalue weighted by Crippen LogP contribution is 2.23. The van der Waals surface area contributed by atoms with Crippen molar-refractivity contribution in [2.24, 2.45) is 5.92 Å². The maximum Gasteiger partial charge on any atom is 0.234 e. The van der Waals surface area contributed by atoms with Gasteiger partial charge in [-0.05, 0) is 55.8 Å². The Morgan fingerprint density at radius 3 is 2.71 bits per heavy atom. The van der Waals surface area contributed by atoms with Gasteiger partial charge in [-0.15, -0.1) is 0 Å². The lowest BCUT2D eigenvalue weighted by molar-refractivity contribution is -0.123. The first-order chi connectivity index (χ1) is 11.5. The van der Waals surface area contributed by atoms with Gasteiger partial charge in [0, 0.05) is 12.6 Å². The van der Waals surface area contributed by atoms with Crippen molar-refractivity contribution < 1.29 is 14.3 Å². The van der Waals surface area contributed by atoms with Gasteiger partial charge in [0.15, 0.2) is 0 Å². The van der Waals surface area contributed by atoms with Gasteiger partial charge in [-0.25, -0.2) is 4.39 Å². The van der Waals surface area contributed by atoms with Crippen LogP contribution >= 0.6 is 0 Å². The molecule has 0 saturated carbocycles. The molecule has 0 aliphatic carbocycles. The Morgan fingerprint density at radius 1 is 1.38 bits per heavy atom. The number of rotatable bonds is 8. The predicted molar refractivity (Wildman–Crippen MR) is 93.0 cm³/mol. The number of halogens is 1. The van der Waals surface area contributed by atoms with Crippen LogP contribution in [0.4, 0.5) is 4.39 Å². The van der Waals surface area contributed by atoms with Crippen molar-refractivity contribution in [2.45, 2.75) is 51.6 Å². The largest absolute Gasteiger partial charge is 0.396 e. The van der Waals surface area contributed by atoms with E-state index in [0.29, 0.717) is 12.6 Å². The molecule has 1 amide bonds. The van der Waals surface area contributed by atoms with Gasteiger partial charge in [0.05, 0.1) is 12.6 Å². The van der Waals surface area contributed by atoms with E-state index in [1.54, 1.807) is 12.1 Å². The second kappa shape index (κ2) is 9.14. The molecule has 1 aliphatic heterocycles. The highest BCUT2D eigenvalue weighted by Gasteiger charge is 2.27. The molecule has 0 bridgehead atoms. The summed E-state index contributed by atoms with van der Waals surface area (Å²) in [7, 11) is 0. The molecule has 2 atom stereocenters. The lowest BCUT2D eigenvalue weighted by Gasteiger charge is -2.27. The zero-order valence-electron chi connectivity index (χ0n) is 14.7. The fourth-order valence-corrected chi connectivity index (χ4v) is 3.47. The number of nitrogens with zero attached hydrogens (tertiary/aromatic N) is 1. The van der Waals surface area contributed by atoms with Gasteiger partial charge in [0.1, 0.15) is 5.82 Å². The molecule has 24 heavy (non-hydrogen) atoms. The van der Waals surface area contributed by atoms with Crippen LogP contribution in [0.5, 0.6) is 0 Å². The second-order valence-electron chi connectivity index (χ2n) is 6.97. The Hall–Kier alpha value is -1.46. The first-order valence-electron chi connectivity index (χ1n) is 8.91. The Bertz CT molecular complexity index is 519. The molecule has 0 aromatic heterocycles. The van der Waals surface area contributed by atoms with Gasteiger partial charge < -0.3 is 10.4 Å². The molecule has 5 heteroatoms. The lowest BCUT2D eigenvalue weighted by Crippen LogP contribution is -2.42. The number of aliphatic hydroxyl groups excluding tert-OH is 1. The van der Waals surface area contributed by atoms with Crippen LogP contribution in [0.3, 0.4) is 0 Å². The van der Waals surface area contributed by atoms with Gasteiger partial charge in [0.2, 0.25) is 5.91 Å². The van der Waals surface area contributed by atoms with Crippen LogP contribution in [-0.2, 0) is 4.79 Å². The minimum Gasteiger partial charge on any atom is -0.396 e. The highest BCUT2D eigenvalue weighted by molar-refractivity contribution is 5.78. The molecule has 1 aliphatic rings. The number of nitrogens with one attached hydrogen (secondary N) is 1. The van der Waals surface area contributed by atoms with E-state index in [0.717, 1.165) is 37.8 Å². The fourth-order valence-electron chi connectivity index (χ4n) is 3.47. The molecule has 4 nitrogen and oxygen atoms in total. The maximum absolute atomic E-state index is 13.1. The van der Waals surface area contributed by atoms with Gasteiger partial charge in [0.25, 0.3) is 0 Å². The average Bonchev–Trinajstić information content (AvgIpc) is 2.98. The van der Waals surface area contributed by atoms with Gasteiger partial charge in [-0.3, -0.25) is 9.69 Å². The number of hydrogen-bond donors (Lipinski definition) is 2. The molecule has 0 spiro atoms. The summed E-state index contributed by atoms with van der Waals surface area (Å²) in [6.07, 6.45) is 3.93. The molecule has 2 unspecified atom stereocenters. The molecular weight excluding hydrogens is 307 g/mol. The molecule has 0 radical (unpaired) electrons. The van der Waals surface area contributed by atoms with Crippen molar-refractivity contribution in [3.05, 3.63) is 35.6 Å². The van der Waals surface area contributed by atoms with Crippen LogP contribution < -0.4 is 5.32 Å². The monoisotopic (exact) mass is 336 g/mol. The Labute approximate surface area is 144 Å². The van der Waals surface area contributed by atoms with Crippen LogP contribution in [0.25, 0.3) is 0 Å². The molecule has 1 saturated heterocycles. The zero-order valence-corrected chi connectivity index (χ0v) is 14.7. The third-order valence-corrected chi connectivity index (χ3v) is 4.75. The third-order valence-electron chi connectivity index (χ3n) is 4.75. The molecule has 2 N–H and O–H groups in total. The minimum absolute atomic E-state index is 0.00826. The van der Waals surface area contributed by atoms with Crippen LogP contribution in [0.1, 0.15) is 51.1 Å². The number of benzene rings is 1. The number of carbonyl (C=O) groups is 1. The summed E-state index contributed by atoms with van der Waals surface area (Å²) < 4.78 is 13.1. The topological polar surface area (TPSA) is 52.6 Å². The summed E-state index contributed by atoms with van der Waals surface area (Å²) in [4.78, 5) is 14.7. The third kappa shape index (κ3) is 5.28. The number of hydrogen-bond acceptors (Lipinski definition) is 3. The molecule has 134 valence electrons. The molecule has 1 fully saturated rings. The van der Waals surface area contributed by atoms with Crippen LogP contribution in [0.2, 0.25) is 0 Å². The summed E-state index contributed by atoms with van der Waals surface area (Å²) in [5, 5.41) is 12.1. The van der Waals surface area contributed by atoms with Crippen molar-refractivity contribution in [3.8, 4) is 0 Å². The summed E-state index contributed by atoms with van der Waals surface area (Å²) in [6, 6.07) is 6.62. The Kier molecular flexibility index (Phi) is 7.18. The second-order valence-corrected chi connectivity index (χ2v) is 6.97. The highest BCUT2D eigenvalue weighted by atomic mass is 19.1. The molecule has 1 aromatic carbocycles. The minimum atomic E-state index is -0.267. The molecule has 1 heterocycles. The standard InChI is InChI=1S/C19H29FN2O2/c1-14(2)19(15-7-9-16(20)10-8-15)21-18(24)13-22-11-3-5-17(22)6-4-12-23/h7-10,14,17,19,23H,3-6,11-13H2,1-2H3,(H,21,24). The zero-order chi connectivity index (χ0) is 17.5. The lowest BCUT2D eigenvalue weighted by atomic mass is 9.96. The maximum atomic E-state index is 13.1. The van der Waals surface area contributed by atoms with E-state index in [1.165, 1.54) is 12.1 Å². The van der Waals surface area contributed by atoms with Gasteiger partial charge in [-0.2, -0.15) is 0 Å². The summed E-state index contributed by atoms with van der Waals surface area (Å²) in [6.45, 7) is 5.63. The molecule has 1 aromatic rings. The first-order valence-corrected chi connectivity index (χ1v) is 8.91. The number of likely N-dealkylation sites (tertiary alicyclic amines) is 1. The van der Waals surface area contributed by atoms with Crippen molar-refractivity contribution >= 4 is 5.91 Å². The summed E-state index contributed by atoms with van der Waals surface area (Å²) in [5.74, 6) is -0.0338. The van der Waals surface area contributed by atoms with Crippen molar-refractivity contribution in [3.63, 3.8) is 0 Å². The van der Waals surface area contributed by atoms with E-state index >= 15 is 0 Å². The van der Waals surface area contributed by atoms with Gasteiger partial charge >= 0.3 is 0 Å². The summed E-state index contributed by atoms with van der Waals surface area (Å²) >= 11 is 0. The van der Waals surface area contributed by atoms with Crippen molar-refractivity contribution in [1.29, 1.82) is 0 Å². The quantitative estimate of drug-likeness (QED) is 0.767.